The molecular formula is C5HF10NO3S. The van der Waals surface area contributed by atoms with Crippen LogP contribution in [-0.2, 0) is 14.8 Å². The number of sulfonamides is 1. The number of amides is 1. The molecule has 0 bridgehead atoms. The van der Waals surface area contributed by atoms with E-state index in [4.69, 9.17) is 0 Å². The fraction of sp³-hybridized carbons (Fsp3) is 0.800. The minimum Gasteiger partial charge on any atom is -0.267 e. The van der Waals surface area contributed by atoms with Crippen LogP contribution in [0.3, 0.4) is 0 Å². The van der Waals surface area contributed by atoms with Crippen molar-refractivity contribution in [3.05, 3.63) is 0 Å². The van der Waals surface area contributed by atoms with Crippen LogP contribution in [0.4, 0.5) is 43.9 Å². The van der Waals surface area contributed by atoms with Gasteiger partial charge in [0.1, 0.15) is 0 Å². The topological polar surface area (TPSA) is 63.2 Å². The van der Waals surface area contributed by atoms with Crippen molar-refractivity contribution in [2.24, 2.45) is 0 Å². The van der Waals surface area contributed by atoms with E-state index in [1.54, 1.807) is 0 Å². The molecule has 0 aromatic rings. The molecule has 0 saturated carbocycles. The molecule has 4 nitrogen and oxygen atoms in total. The van der Waals surface area contributed by atoms with Crippen LogP contribution in [0.2, 0.25) is 0 Å². The first-order valence-corrected chi connectivity index (χ1v) is 5.32. The number of nitrogens with one attached hydrogen (secondary N) is 1. The van der Waals surface area contributed by atoms with Crippen LogP contribution in [-0.4, -0.2) is 37.9 Å². The third kappa shape index (κ3) is 3.06. The van der Waals surface area contributed by atoms with Crippen molar-refractivity contribution in [1.82, 2.24) is 4.72 Å². The number of alkyl halides is 10. The molecule has 0 aromatic carbocycles. The lowest BCUT2D eigenvalue weighted by Crippen LogP contribution is -2.57. The summed E-state index contributed by atoms with van der Waals surface area (Å²) in [5.74, 6) is -10.4. The number of hydrogen-bond acceptors (Lipinski definition) is 3. The second kappa shape index (κ2) is 4.63. The maximum absolute atomic E-state index is 12.3. The number of rotatable bonds is 3. The zero-order valence-corrected chi connectivity index (χ0v) is 9.23. The number of carbonyl (C=O) groups is 1. The van der Waals surface area contributed by atoms with Gasteiger partial charge >= 0.3 is 39.5 Å². The average molecular weight is 345 g/mol. The molecule has 0 radical (unpaired) electrons. The van der Waals surface area contributed by atoms with Crippen molar-refractivity contribution in [2.45, 2.75) is 23.5 Å². The quantitative estimate of drug-likeness (QED) is 0.794. The van der Waals surface area contributed by atoms with Gasteiger partial charge in [-0.2, -0.15) is 52.3 Å². The Morgan fingerprint density at radius 3 is 1.35 bits per heavy atom. The Hall–Kier alpha value is -1.28. The third-order valence-electron chi connectivity index (χ3n) is 1.54. The van der Waals surface area contributed by atoms with Crippen LogP contribution in [0.1, 0.15) is 0 Å². The maximum atomic E-state index is 12.3. The summed E-state index contributed by atoms with van der Waals surface area (Å²) in [6, 6.07) is 0. The number of carbonyl (C=O) groups excluding carboxylic acids is 1. The summed E-state index contributed by atoms with van der Waals surface area (Å²) in [5, 5.41) is -6.75. The fourth-order valence-corrected chi connectivity index (χ4v) is 1.34. The molecule has 1 N–H and O–H groups in total. The van der Waals surface area contributed by atoms with Gasteiger partial charge in [-0.15, -0.1) is 0 Å². The molecule has 0 unspecified atom stereocenters. The Bertz CT molecular complexity index is 488. The lowest BCUT2D eigenvalue weighted by Gasteiger charge is -2.22. The number of hydrogen-bond donors (Lipinski definition) is 1. The molecule has 0 atom stereocenters. The molecule has 0 aliphatic rings. The van der Waals surface area contributed by atoms with Crippen molar-refractivity contribution in [1.29, 1.82) is 0 Å². The first-order valence-electron chi connectivity index (χ1n) is 3.84. The fourth-order valence-electron chi connectivity index (χ4n) is 0.531. The van der Waals surface area contributed by atoms with Gasteiger partial charge in [-0.1, -0.05) is 0 Å². The summed E-state index contributed by atoms with van der Waals surface area (Å²) in [4.78, 5) is 10.2. The van der Waals surface area contributed by atoms with E-state index in [0.717, 1.165) is 0 Å². The minimum absolute atomic E-state index is 0.657. The normalized spacial score (nSPS) is 15.1. The molecule has 0 fully saturated rings. The highest BCUT2D eigenvalue weighted by molar-refractivity contribution is 7.91. The summed E-state index contributed by atoms with van der Waals surface area (Å²) in [5.41, 5.74) is 0. The lowest BCUT2D eigenvalue weighted by atomic mass is 10.3. The smallest absolute Gasteiger partial charge is 0.267 e. The molecule has 15 heteroatoms. The van der Waals surface area contributed by atoms with Crippen LogP contribution < -0.4 is 4.72 Å². The molecule has 0 aromatic heterocycles. The molecule has 0 heterocycles. The molecule has 0 spiro atoms. The van der Waals surface area contributed by atoms with Crippen molar-refractivity contribution in [3.63, 3.8) is 0 Å². The summed E-state index contributed by atoms with van der Waals surface area (Å²) >= 11 is 0. The first-order chi connectivity index (χ1) is 8.38. The van der Waals surface area contributed by atoms with Crippen molar-refractivity contribution < 1.29 is 57.1 Å². The summed E-state index contributed by atoms with van der Waals surface area (Å²) < 4.78 is 139. The van der Waals surface area contributed by atoms with Gasteiger partial charge in [0.25, 0.3) is 0 Å². The average Bonchev–Trinajstić information content (AvgIpc) is 2.12. The largest absolute Gasteiger partial charge is 0.471 e. The molecule has 120 valence electrons. The zero-order chi connectivity index (χ0) is 16.8. The molecule has 20 heavy (non-hydrogen) atoms. The van der Waals surface area contributed by atoms with Gasteiger partial charge in [-0.25, -0.2) is 4.72 Å². The van der Waals surface area contributed by atoms with E-state index in [1.165, 1.54) is 0 Å². The van der Waals surface area contributed by atoms with E-state index in [1.807, 2.05) is 0 Å². The SMILES string of the molecule is O=C(NS(=O)(=O)C(F)(F)C(F)(F)F)C(F)(F)C(F)(F)F. The highest BCUT2D eigenvalue weighted by Gasteiger charge is 2.70. The molecular weight excluding hydrogens is 344 g/mol. The Morgan fingerprint density at radius 1 is 0.750 bits per heavy atom. The van der Waals surface area contributed by atoms with E-state index in [-0.39, 0.29) is 0 Å². The molecule has 0 aliphatic carbocycles. The van der Waals surface area contributed by atoms with E-state index >= 15 is 0 Å². The third-order valence-corrected chi connectivity index (χ3v) is 2.90. The molecule has 0 saturated heterocycles. The lowest BCUT2D eigenvalue weighted by molar-refractivity contribution is -0.269. The predicted octanol–water partition coefficient (Wildman–Crippen LogP) is 1.79. The van der Waals surface area contributed by atoms with E-state index in [2.05, 4.69) is 0 Å². The van der Waals surface area contributed by atoms with Crippen LogP contribution in [0, 0.1) is 0 Å². The predicted molar refractivity (Wildman–Crippen MR) is 39.1 cm³/mol. The Balaban J connectivity index is 5.51. The van der Waals surface area contributed by atoms with E-state index < -0.39 is 44.2 Å². The molecule has 0 rings (SSSR count). The summed E-state index contributed by atoms with van der Waals surface area (Å²) in [6.45, 7) is 0. The van der Waals surface area contributed by atoms with Crippen LogP contribution >= 0.6 is 0 Å². The van der Waals surface area contributed by atoms with Crippen molar-refractivity contribution in [3.8, 4) is 0 Å². The van der Waals surface area contributed by atoms with Crippen molar-refractivity contribution in [2.75, 3.05) is 0 Å². The maximum Gasteiger partial charge on any atom is 0.471 e. The Labute approximate surface area is 102 Å². The van der Waals surface area contributed by atoms with Gasteiger partial charge in [-0.05, 0) is 0 Å². The van der Waals surface area contributed by atoms with Gasteiger partial charge in [0, 0.05) is 0 Å². The Kier molecular flexibility index (Phi) is 4.33. The molecule has 1 amide bonds. The van der Waals surface area contributed by atoms with Crippen LogP contribution in [0.15, 0.2) is 0 Å². The highest BCUT2D eigenvalue weighted by atomic mass is 32.2. The van der Waals surface area contributed by atoms with E-state index in [0.29, 0.717) is 0 Å². The second-order valence-electron chi connectivity index (χ2n) is 3.02. The molecule has 0 aliphatic heterocycles. The van der Waals surface area contributed by atoms with Gasteiger partial charge in [0.2, 0.25) is 0 Å². The van der Waals surface area contributed by atoms with Crippen molar-refractivity contribution >= 4 is 15.9 Å². The Morgan fingerprint density at radius 2 is 1.10 bits per heavy atom. The summed E-state index contributed by atoms with van der Waals surface area (Å²) in [6.07, 6.45) is -13.5. The van der Waals surface area contributed by atoms with E-state index in [9.17, 15) is 57.1 Å². The monoisotopic (exact) mass is 345 g/mol. The number of halogens is 10. The standard InChI is InChI=1S/C5HF10NO3S/c6-2(7,3(8,9)10)1(17)16-20(18,19)5(14,15)4(11,12)13/h(H,16,17). The van der Waals surface area contributed by atoms with Gasteiger partial charge < -0.3 is 0 Å². The first kappa shape index (κ1) is 18.7. The van der Waals surface area contributed by atoms with Gasteiger partial charge in [0.15, 0.2) is 0 Å². The summed E-state index contributed by atoms with van der Waals surface area (Å²) in [7, 11) is -7.20. The van der Waals surface area contributed by atoms with Crippen LogP contribution in [0.5, 0.6) is 0 Å². The van der Waals surface area contributed by atoms with Gasteiger partial charge in [0.05, 0.1) is 0 Å². The van der Waals surface area contributed by atoms with Crippen LogP contribution in [0.25, 0.3) is 0 Å². The second-order valence-corrected chi connectivity index (χ2v) is 4.75. The minimum atomic E-state index is -7.20. The highest BCUT2D eigenvalue weighted by Crippen LogP contribution is 2.40. The van der Waals surface area contributed by atoms with Gasteiger partial charge in [-0.3, -0.25) is 4.79 Å². The zero-order valence-electron chi connectivity index (χ0n) is 8.41.